The molecule has 0 radical (unpaired) electrons. The van der Waals surface area contributed by atoms with E-state index >= 15 is 0 Å². The van der Waals surface area contributed by atoms with Gasteiger partial charge in [-0.05, 0) is 31.5 Å². The summed E-state index contributed by atoms with van der Waals surface area (Å²) in [6.45, 7) is 4.07. The summed E-state index contributed by atoms with van der Waals surface area (Å²) in [6.07, 6.45) is 3.45. The molecule has 2 atom stereocenters. The summed E-state index contributed by atoms with van der Waals surface area (Å²) in [5.41, 5.74) is 1.84. The molecule has 1 aromatic carbocycles. The van der Waals surface area contributed by atoms with Crippen LogP contribution in [0.5, 0.6) is 0 Å². The maximum Gasteiger partial charge on any atom is 0.335 e. The standard InChI is InChI=1S/C15H20N2O3S/c1-4-5-14-16-12-7-6-11(15(18)19)8-13(12)17(14)10(2)9-21(3)20/h6-8,10H,4-5,9H2,1-3H3,(H,18,19). The average molecular weight is 308 g/mol. The van der Waals surface area contributed by atoms with Crippen molar-refractivity contribution < 1.29 is 14.1 Å². The van der Waals surface area contributed by atoms with Crippen LogP contribution in [0.25, 0.3) is 11.0 Å². The Morgan fingerprint density at radius 3 is 2.76 bits per heavy atom. The second-order valence-corrected chi connectivity index (χ2v) is 6.73. The van der Waals surface area contributed by atoms with Crippen LogP contribution in [0.4, 0.5) is 0 Å². The predicted octanol–water partition coefficient (Wildman–Crippen LogP) is 2.63. The number of benzene rings is 1. The molecule has 0 aliphatic heterocycles. The fourth-order valence-electron chi connectivity index (χ4n) is 2.58. The molecule has 6 heteroatoms. The first-order valence-corrected chi connectivity index (χ1v) is 8.71. The molecule has 2 unspecified atom stereocenters. The highest BCUT2D eigenvalue weighted by Crippen LogP contribution is 2.24. The second kappa shape index (κ2) is 6.39. The zero-order valence-corrected chi connectivity index (χ0v) is 13.3. The van der Waals surface area contributed by atoms with Crippen molar-refractivity contribution in [3.63, 3.8) is 0 Å². The summed E-state index contributed by atoms with van der Waals surface area (Å²) >= 11 is 0. The molecule has 2 rings (SSSR count). The Balaban J connectivity index is 2.60. The van der Waals surface area contributed by atoms with E-state index in [0.29, 0.717) is 5.75 Å². The van der Waals surface area contributed by atoms with Gasteiger partial charge in [-0.25, -0.2) is 9.78 Å². The number of hydrogen-bond donors (Lipinski definition) is 1. The first kappa shape index (κ1) is 15.7. The molecule has 0 saturated heterocycles. The Labute approximate surface area is 126 Å². The number of carboxylic acid groups (broad SMARTS) is 1. The van der Waals surface area contributed by atoms with E-state index in [1.54, 1.807) is 24.5 Å². The summed E-state index contributed by atoms with van der Waals surface area (Å²) in [4.78, 5) is 15.8. The van der Waals surface area contributed by atoms with Gasteiger partial charge >= 0.3 is 5.97 Å². The van der Waals surface area contributed by atoms with Gasteiger partial charge in [0.1, 0.15) is 5.82 Å². The highest BCUT2D eigenvalue weighted by molar-refractivity contribution is 7.84. The smallest absolute Gasteiger partial charge is 0.335 e. The predicted molar refractivity (Wildman–Crippen MR) is 84.3 cm³/mol. The summed E-state index contributed by atoms with van der Waals surface area (Å²) < 4.78 is 13.5. The molecule has 5 nitrogen and oxygen atoms in total. The van der Waals surface area contributed by atoms with Gasteiger partial charge in [0.2, 0.25) is 0 Å². The van der Waals surface area contributed by atoms with Crippen molar-refractivity contribution in [2.45, 2.75) is 32.7 Å². The van der Waals surface area contributed by atoms with Crippen molar-refractivity contribution in [1.29, 1.82) is 0 Å². The van der Waals surface area contributed by atoms with Gasteiger partial charge in [0, 0.05) is 35.3 Å². The normalized spacial score (nSPS) is 14.2. The van der Waals surface area contributed by atoms with Crippen LogP contribution in [0.1, 0.15) is 42.5 Å². The Bertz CT molecular complexity index is 694. The van der Waals surface area contributed by atoms with E-state index in [1.807, 2.05) is 11.5 Å². The second-order valence-electron chi connectivity index (χ2n) is 5.25. The van der Waals surface area contributed by atoms with Crippen LogP contribution in [0.3, 0.4) is 0 Å². The molecular weight excluding hydrogens is 288 g/mol. The monoisotopic (exact) mass is 308 g/mol. The van der Waals surface area contributed by atoms with Crippen LogP contribution in [-0.2, 0) is 17.2 Å². The number of aromatic nitrogens is 2. The molecule has 2 aromatic rings. The molecule has 1 heterocycles. The molecular formula is C15H20N2O3S. The number of imidazole rings is 1. The van der Waals surface area contributed by atoms with E-state index in [4.69, 9.17) is 5.11 Å². The molecule has 1 N–H and O–H groups in total. The van der Waals surface area contributed by atoms with Crippen LogP contribution < -0.4 is 0 Å². The minimum Gasteiger partial charge on any atom is -0.478 e. The van der Waals surface area contributed by atoms with Gasteiger partial charge in [-0.1, -0.05) is 6.92 Å². The Kier molecular flexibility index (Phi) is 4.77. The van der Waals surface area contributed by atoms with Crippen LogP contribution in [0.2, 0.25) is 0 Å². The maximum atomic E-state index is 11.5. The van der Waals surface area contributed by atoms with E-state index < -0.39 is 16.8 Å². The lowest BCUT2D eigenvalue weighted by atomic mass is 10.2. The third kappa shape index (κ3) is 3.32. The Morgan fingerprint density at radius 1 is 1.48 bits per heavy atom. The van der Waals surface area contributed by atoms with Crippen LogP contribution >= 0.6 is 0 Å². The van der Waals surface area contributed by atoms with Gasteiger partial charge in [-0.15, -0.1) is 0 Å². The number of hydrogen-bond acceptors (Lipinski definition) is 3. The minimum atomic E-state index is -0.951. The van der Waals surface area contributed by atoms with Crippen molar-refractivity contribution in [2.24, 2.45) is 0 Å². The molecule has 21 heavy (non-hydrogen) atoms. The topological polar surface area (TPSA) is 72.2 Å². The number of aromatic carboxylic acids is 1. The van der Waals surface area contributed by atoms with Crippen LogP contribution in [0.15, 0.2) is 18.2 Å². The number of rotatable bonds is 6. The summed E-state index contributed by atoms with van der Waals surface area (Å²) in [5.74, 6) is 0.501. The van der Waals surface area contributed by atoms with E-state index in [1.165, 1.54) is 0 Å². The van der Waals surface area contributed by atoms with Gasteiger partial charge in [-0.3, -0.25) is 4.21 Å². The highest BCUT2D eigenvalue weighted by Gasteiger charge is 2.17. The third-order valence-corrected chi connectivity index (χ3v) is 4.35. The molecule has 0 spiro atoms. The molecule has 0 fully saturated rings. The third-order valence-electron chi connectivity index (χ3n) is 3.40. The van der Waals surface area contributed by atoms with Gasteiger partial charge in [-0.2, -0.15) is 0 Å². The quantitative estimate of drug-likeness (QED) is 0.890. The van der Waals surface area contributed by atoms with Crippen molar-refractivity contribution in [1.82, 2.24) is 9.55 Å². The molecule has 1 aromatic heterocycles. The number of fused-ring (bicyclic) bond motifs is 1. The summed E-state index contributed by atoms with van der Waals surface area (Å²) in [5, 5.41) is 9.15. The molecule has 0 aliphatic carbocycles. The lowest BCUT2D eigenvalue weighted by molar-refractivity contribution is 0.0697. The van der Waals surface area contributed by atoms with E-state index in [-0.39, 0.29) is 11.6 Å². The molecule has 0 amide bonds. The van der Waals surface area contributed by atoms with E-state index in [9.17, 15) is 9.00 Å². The Hall–Kier alpha value is -1.69. The minimum absolute atomic E-state index is 0.0198. The van der Waals surface area contributed by atoms with Gasteiger partial charge < -0.3 is 9.67 Å². The molecule has 0 bridgehead atoms. The van der Waals surface area contributed by atoms with Gasteiger partial charge in [0.25, 0.3) is 0 Å². The fraction of sp³-hybridized carbons (Fsp3) is 0.467. The van der Waals surface area contributed by atoms with Crippen molar-refractivity contribution in [3.8, 4) is 0 Å². The number of carbonyl (C=O) groups is 1. The Morgan fingerprint density at radius 2 is 2.19 bits per heavy atom. The molecule has 114 valence electrons. The van der Waals surface area contributed by atoms with Crippen molar-refractivity contribution >= 4 is 27.8 Å². The zero-order chi connectivity index (χ0) is 15.6. The average Bonchev–Trinajstić information content (AvgIpc) is 2.75. The molecule has 0 saturated carbocycles. The maximum absolute atomic E-state index is 11.5. The lowest BCUT2D eigenvalue weighted by Crippen LogP contribution is -2.15. The van der Waals surface area contributed by atoms with Crippen molar-refractivity contribution in [2.75, 3.05) is 12.0 Å². The molecule has 0 aliphatic rings. The number of carboxylic acids is 1. The largest absolute Gasteiger partial charge is 0.478 e. The SMILES string of the molecule is CCCc1nc2ccc(C(=O)O)cc2n1C(C)CS(C)=O. The number of nitrogens with zero attached hydrogens (tertiary/aromatic N) is 2. The van der Waals surface area contributed by atoms with Gasteiger partial charge in [0.15, 0.2) is 0 Å². The number of aryl methyl sites for hydroxylation is 1. The zero-order valence-electron chi connectivity index (χ0n) is 12.5. The summed E-state index contributed by atoms with van der Waals surface area (Å²) in [6, 6.07) is 4.98. The van der Waals surface area contributed by atoms with E-state index in [2.05, 4.69) is 11.9 Å². The highest BCUT2D eigenvalue weighted by atomic mass is 32.2. The lowest BCUT2D eigenvalue weighted by Gasteiger charge is -2.16. The van der Waals surface area contributed by atoms with Crippen LogP contribution in [0, 0.1) is 0 Å². The first-order chi connectivity index (χ1) is 9.93. The summed E-state index contributed by atoms with van der Waals surface area (Å²) in [7, 11) is -0.914. The van der Waals surface area contributed by atoms with Gasteiger partial charge in [0.05, 0.1) is 16.6 Å². The van der Waals surface area contributed by atoms with Crippen LogP contribution in [-0.4, -0.2) is 36.8 Å². The van der Waals surface area contributed by atoms with Crippen molar-refractivity contribution in [3.05, 3.63) is 29.6 Å². The first-order valence-electron chi connectivity index (χ1n) is 6.98. The fourth-order valence-corrected chi connectivity index (χ4v) is 3.41. The van der Waals surface area contributed by atoms with E-state index in [0.717, 1.165) is 29.7 Å².